The normalized spacial score (nSPS) is 17.0. The molecule has 3 amide bonds. The van der Waals surface area contributed by atoms with Gasteiger partial charge in [-0.25, -0.2) is 4.79 Å². The second-order valence-corrected chi connectivity index (χ2v) is 6.54. The molecule has 1 saturated heterocycles. The van der Waals surface area contributed by atoms with E-state index in [0.29, 0.717) is 35.4 Å². The Morgan fingerprint density at radius 2 is 2.19 bits per heavy atom. The number of likely N-dealkylation sites (tertiary alicyclic amines) is 1. The predicted octanol–water partition coefficient (Wildman–Crippen LogP) is 2.20. The first-order chi connectivity index (χ1) is 12.5. The van der Waals surface area contributed by atoms with Crippen molar-refractivity contribution in [2.75, 3.05) is 13.1 Å². The first-order valence-electron chi connectivity index (χ1n) is 8.40. The molecule has 2 N–H and O–H groups in total. The molecule has 1 atom stereocenters. The maximum Gasteiger partial charge on any atom is 0.317 e. The van der Waals surface area contributed by atoms with Crippen LogP contribution in [0.2, 0.25) is 5.02 Å². The molecule has 1 aromatic heterocycles. The van der Waals surface area contributed by atoms with Crippen LogP contribution in [0.3, 0.4) is 0 Å². The molecule has 9 heteroatoms. The van der Waals surface area contributed by atoms with Crippen molar-refractivity contribution in [3.8, 4) is 11.4 Å². The highest BCUT2D eigenvalue weighted by molar-refractivity contribution is 6.33. The largest absolute Gasteiger partial charge is 0.352 e. The molecule has 0 spiro atoms. The zero-order valence-electron chi connectivity index (χ0n) is 14.4. The van der Waals surface area contributed by atoms with Crippen LogP contribution in [0.5, 0.6) is 0 Å². The van der Waals surface area contributed by atoms with Gasteiger partial charge in [0.15, 0.2) is 0 Å². The van der Waals surface area contributed by atoms with Crippen molar-refractivity contribution >= 4 is 23.5 Å². The number of rotatable bonds is 4. The minimum absolute atomic E-state index is 0.0118. The van der Waals surface area contributed by atoms with Gasteiger partial charge in [-0.05, 0) is 25.0 Å². The van der Waals surface area contributed by atoms with Crippen LogP contribution in [-0.4, -0.2) is 46.1 Å². The molecule has 0 unspecified atom stereocenters. The quantitative estimate of drug-likeness (QED) is 0.850. The van der Waals surface area contributed by atoms with Crippen LogP contribution >= 0.6 is 11.6 Å². The fourth-order valence-electron chi connectivity index (χ4n) is 2.91. The van der Waals surface area contributed by atoms with Crippen molar-refractivity contribution in [3.63, 3.8) is 0 Å². The molecule has 26 heavy (non-hydrogen) atoms. The number of urea groups is 1. The number of nitrogens with zero attached hydrogens (tertiary/aromatic N) is 3. The van der Waals surface area contributed by atoms with E-state index in [0.717, 1.165) is 12.8 Å². The number of amides is 3. The number of carbonyl (C=O) groups excluding carboxylic acids is 2. The van der Waals surface area contributed by atoms with E-state index in [1.807, 2.05) is 12.1 Å². The zero-order chi connectivity index (χ0) is 18.5. The van der Waals surface area contributed by atoms with Gasteiger partial charge in [0.25, 0.3) is 0 Å². The van der Waals surface area contributed by atoms with Gasteiger partial charge in [0.2, 0.25) is 17.6 Å². The Hall–Kier alpha value is -2.61. The summed E-state index contributed by atoms with van der Waals surface area (Å²) in [5.41, 5.74) is 0.671. The summed E-state index contributed by atoms with van der Waals surface area (Å²) >= 11 is 6.12. The second kappa shape index (κ2) is 8.18. The lowest BCUT2D eigenvalue weighted by Gasteiger charge is -2.32. The van der Waals surface area contributed by atoms with E-state index in [1.165, 1.54) is 6.92 Å². The molecule has 2 aromatic rings. The smallest absolute Gasteiger partial charge is 0.317 e. The Morgan fingerprint density at radius 3 is 2.96 bits per heavy atom. The molecule has 1 fully saturated rings. The van der Waals surface area contributed by atoms with Crippen LogP contribution < -0.4 is 10.6 Å². The van der Waals surface area contributed by atoms with Gasteiger partial charge in [-0.3, -0.25) is 4.79 Å². The third-order valence-corrected chi connectivity index (χ3v) is 4.42. The van der Waals surface area contributed by atoms with E-state index < -0.39 is 0 Å². The number of halogens is 1. The highest BCUT2D eigenvalue weighted by Gasteiger charge is 2.24. The topological polar surface area (TPSA) is 100 Å². The number of benzene rings is 1. The number of carbonyl (C=O) groups is 2. The summed E-state index contributed by atoms with van der Waals surface area (Å²) in [6.07, 6.45) is 1.71. The van der Waals surface area contributed by atoms with Gasteiger partial charge in [0.05, 0.1) is 11.6 Å². The summed E-state index contributed by atoms with van der Waals surface area (Å²) in [7, 11) is 0. The van der Waals surface area contributed by atoms with E-state index in [4.69, 9.17) is 16.1 Å². The van der Waals surface area contributed by atoms with E-state index in [2.05, 4.69) is 20.8 Å². The summed E-state index contributed by atoms with van der Waals surface area (Å²) in [4.78, 5) is 29.4. The number of nitrogens with one attached hydrogen (secondary N) is 2. The molecule has 1 aromatic carbocycles. The minimum Gasteiger partial charge on any atom is -0.352 e. The van der Waals surface area contributed by atoms with Gasteiger partial charge >= 0.3 is 6.03 Å². The Balaban J connectivity index is 1.55. The Labute approximate surface area is 155 Å². The van der Waals surface area contributed by atoms with Crippen molar-refractivity contribution in [1.29, 1.82) is 0 Å². The van der Waals surface area contributed by atoms with Crippen LogP contribution in [0.25, 0.3) is 11.4 Å². The van der Waals surface area contributed by atoms with Crippen LogP contribution in [-0.2, 0) is 11.3 Å². The number of hydrogen-bond acceptors (Lipinski definition) is 5. The summed E-state index contributed by atoms with van der Waals surface area (Å²) < 4.78 is 5.18. The van der Waals surface area contributed by atoms with Gasteiger partial charge in [0.1, 0.15) is 0 Å². The summed E-state index contributed by atoms with van der Waals surface area (Å²) in [5.74, 6) is 0.586. The fraction of sp³-hybridized carbons (Fsp3) is 0.412. The molecule has 2 heterocycles. The Kier molecular flexibility index (Phi) is 5.72. The Morgan fingerprint density at radius 1 is 1.38 bits per heavy atom. The van der Waals surface area contributed by atoms with Crippen molar-refractivity contribution < 1.29 is 14.1 Å². The van der Waals surface area contributed by atoms with E-state index in [1.54, 1.807) is 17.0 Å². The van der Waals surface area contributed by atoms with Crippen molar-refractivity contribution in [2.45, 2.75) is 32.4 Å². The standard InChI is InChI=1S/C17H20ClN5O3/c1-11(24)20-12-5-4-8-23(10-12)17(25)19-9-15-21-16(22-26-15)13-6-2-3-7-14(13)18/h2-3,6-7,12H,4-5,8-10H2,1H3,(H,19,25)(H,20,24)/t12-/m0/s1. The lowest BCUT2D eigenvalue weighted by molar-refractivity contribution is -0.119. The molecule has 0 radical (unpaired) electrons. The van der Waals surface area contributed by atoms with Crippen molar-refractivity contribution in [1.82, 2.24) is 25.7 Å². The highest BCUT2D eigenvalue weighted by atomic mass is 35.5. The maximum absolute atomic E-state index is 12.3. The molecule has 0 saturated carbocycles. The molecule has 8 nitrogen and oxygen atoms in total. The van der Waals surface area contributed by atoms with Crippen molar-refractivity contribution in [3.05, 3.63) is 35.2 Å². The molecular formula is C17H20ClN5O3. The van der Waals surface area contributed by atoms with Crippen molar-refractivity contribution in [2.24, 2.45) is 0 Å². The minimum atomic E-state index is -0.224. The predicted molar refractivity (Wildman–Crippen MR) is 95.4 cm³/mol. The molecule has 0 aliphatic carbocycles. The molecule has 1 aliphatic rings. The third kappa shape index (κ3) is 4.51. The van der Waals surface area contributed by atoms with Gasteiger partial charge in [-0.1, -0.05) is 28.9 Å². The van der Waals surface area contributed by atoms with E-state index >= 15 is 0 Å². The monoisotopic (exact) mass is 377 g/mol. The number of aromatic nitrogens is 2. The lowest BCUT2D eigenvalue weighted by Crippen LogP contribution is -2.51. The van der Waals surface area contributed by atoms with Crippen LogP contribution in [0.1, 0.15) is 25.7 Å². The SMILES string of the molecule is CC(=O)N[C@H]1CCCN(C(=O)NCc2nc(-c3ccccc3Cl)no2)C1. The van der Waals surface area contributed by atoms with Gasteiger partial charge in [-0.15, -0.1) is 0 Å². The average molecular weight is 378 g/mol. The second-order valence-electron chi connectivity index (χ2n) is 6.14. The van der Waals surface area contributed by atoms with Gasteiger partial charge in [0, 0.05) is 31.6 Å². The van der Waals surface area contributed by atoms with Gasteiger partial charge in [-0.2, -0.15) is 4.98 Å². The summed E-state index contributed by atoms with van der Waals surface area (Å²) in [6.45, 7) is 2.74. The first-order valence-corrected chi connectivity index (χ1v) is 8.78. The summed E-state index contributed by atoms with van der Waals surface area (Å²) in [6, 6.07) is 6.96. The number of hydrogen-bond donors (Lipinski definition) is 2. The molecular weight excluding hydrogens is 358 g/mol. The first kappa shape index (κ1) is 18.2. The van der Waals surface area contributed by atoms with Crippen LogP contribution in [0, 0.1) is 0 Å². The van der Waals surface area contributed by atoms with E-state index in [-0.39, 0.29) is 24.5 Å². The fourth-order valence-corrected chi connectivity index (χ4v) is 3.13. The van der Waals surface area contributed by atoms with Crippen LogP contribution in [0.15, 0.2) is 28.8 Å². The van der Waals surface area contributed by atoms with Gasteiger partial charge < -0.3 is 20.1 Å². The maximum atomic E-state index is 12.3. The van der Waals surface area contributed by atoms with Crippen LogP contribution in [0.4, 0.5) is 4.79 Å². The molecule has 3 rings (SSSR count). The lowest BCUT2D eigenvalue weighted by atomic mass is 10.1. The third-order valence-electron chi connectivity index (χ3n) is 4.09. The highest BCUT2D eigenvalue weighted by Crippen LogP contribution is 2.24. The average Bonchev–Trinajstić information content (AvgIpc) is 3.08. The Bertz CT molecular complexity index is 794. The summed E-state index contributed by atoms with van der Waals surface area (Å²) in [5, 5.41) is 10.0. The zero-order valence-corrected chi connectivity index (χ0v) is 15.1. The molecule has 0 bridgehead atoms. The molecule has 138 valence electrons. The molecule has 1 aliphatic heterocycles. The van der Waals surface area contributed by atoms with E-state index in [9.17, 15) is 9.59 Å². The number of piperidine rings is 1.